The van der Waals surface area contributed by atoms with E-state index < -0.39 is 0 Å². The summed E-state index contributed by atoms with van der Waals surface area (Å²) in [5.74, 6) is 0.835. The zero-order valence-corrected chi connectivity index (χ0v) is 8.12. The van der Waals surface area contributed by atoms with Crippen molar-refractivity contribution in [3.05, 3.63) is 24.0 Å². The number of aromatic nitrogens is 1. The number of hydrogen-bond acceptors (Lipinski definition) is 3. The quantitative estimate of drug-likeness (QED) is 0.649. The standard InChI is InChI=1S/C10H15NO2/c1-3-12-7-8-13-10-5-4-6-11-9(10)2/h4-6H,3,7-8H2,1-2H3. The Morgan fingerprint density at radius 2 is 2.23 bits per heavy atom. The first-order valence-corrected chi connectivity index (χ1v) is 4.46. The Bertz CT molecular complexity index is 250. The molecule has 0 saturated heterocycles. The third-order valence-electron chi connectivity index (χ3n) is 1.65. The van der Waals surface area contributed by atoms with Crippen molar-refractivity contribution < 1.29 is 9.47 Å². The molecule has 0 aliphatic heterocycles. The number of pyridine rings is 1. The van der Waals surface area contributed by atoms with Crippen molar-refractivity contribution in [1.82, 2.24) is 4.98 Å². The predicted molar refractivity (Wildman–Crippen MR) is 51.0 cm³/mol. The fourth-order valence-electron chi connectivity index (χ4n) is 0.977. The van der Waals surface area contributed by atoms with Gasteiger partial charge in [0.05, 0.1) is 12.3 Å². The van der Waals surface area contributed by atoms with E-state index in [4.69, 9.17) is 9.47 Å². The lowest BCUT2D eigenvalue weighted by molar-refractivity contribution is 0.110. The van der Waals surface area contributed by atoms with Crippen LogP contribution in [-0.2, 0) is 4.74 Å². The molecule has 0 bridgehead atoms. The second-order valence-corrected chi connectivity index (χ2v) is 2.63. The Morgan fingerprint density at radius 1 is 1.38 bits per heavy atom. The zero-order chi connectivity index (χ0) is 9.52. The molecule has 0 amide bonds. The summed E-state index contributed by atoms with van der Waals surface area (Å²) in [5.41, 5.74) is 0.916. The van der Waals surface area contributed by atoms with Crippen LogP contribution in [-0.4, -0.2) is 24.8 Å². The zero-order valence-electron chi connectivity index (χ0n) is 8.12. The molecule has 3 heteroatoms. The fourth-order valence-corrected chi connectivity index (χ4v) is 0.977. The van der Waals surface area contributed by atoms with E-state index >= 15 is 0 Å². The van der Waals surface area contributed by atoms with Crippen LogP contribution in [0.3, 0.4) is 0 Å². The summed E-state index contributed by atoms with van der Waals surface area (Å²) in [7, 11) is 0. The Balaban J connectivity index is 2.32. The van der Waals surface area contributed by atoms with Crippen molar-refractivity contribution in [1.29, 1.82) is 0 Å². The Morgan fingerprint density at radius 3 is 2.92 bits per heavy atom. The minimum Gasteiger partial charge on any atom is -0.489 e. The molecule has 0 aliphatic rings. The molecule has 0 aromatic carbocycles. The van der Waals surface area contributed by atoms with E-state index in [2.05, 4.69) is 4.98 Å². The second kappa shape index (κ2) is 5.54. The highest BCUT2D eigenvalue weighted by Crippen LogP contribution is 2.12. The number of nitrogens with zero attached hydrogens (tertiary/aromatic N) is 1. The van der Waals surface area contributed by atoms with Crippen LogP contribution in [0.5, 0.6) is 5.75 Å². The van der Waals surface area contributed by atoms with Crippen LogP contribution in [0.1, 0.15) is 12.6 Å². The van der Waals surface area contributed by atoms with Gasteiger partial charge in [-0.2, -0.15) is 0 Å². The molecule has 1 heterocycles. The molecule has 72 valence electrons. The van der Waals surface area contributed by atoms with Crippen LogP contribution < -0.4 is 4.74 Å². The van der Waals surface area contributed by atoms with Gasteiger partial charge in [-0.15, -0.1) is 0 Å². The maximum atomic E-state index is 5.45. The number of ether oxygens (including phenoxy) is 2. The molecule has 0 fully saturated rings. The molecule has 0 saturated carbocycles. The summed E-state index contributed by atoms with van der Waals surface area (Å²) in [5, 5.41) is 0. The van der Waals surface area contributed by atoms with Gasteiger partial charge in [0.1, 0.15) is 12.4 Å². The first-order valence-electron chi connectivity index (χ1n) is 4.46. The lowest BCUT2D eigenvalue weighted by Gasteiger charge is -2.07. The highest BCUT2D eigenvalue weighted by molar-refractivity contribution is 5.25. The van der Waals surface area contributed by atoms with E-state index in [0.717, 1.165) is 18.1 Å². The summed E-state index contributed by atoms with van der Waals surface area (Å²) in [6.07, 6.45) is 1.75. The van der Waals surface area contributed by atoms with Gasteiger partial charge < -0.3 is 9.47 Å². The van der Waals surface area contributed by atoms with E-state index in [1.165, 1.54) is 0 Å². The molecule has 13 heavy (non-hydrogen) atoms. The molecule has 0 radical (unpaired) electrons. The maximum Gasteiger partial charge on any atom is 0.140 e. The maximum absolute atomic E-state index is 5.45. The Hall–Kier alpha value is -1.09. The minimum absolute atomic E-state index is 0.584. The van der Waals surface area contributed by atoms with E-state index in [-0.39, 0.29) is 0 Å². The molecule has 3 nitrogen and oxygen atoms in total. The summed E-state index contributed by atoms with van der Waals surface area (Å²) >= 11 is 0. The van der Waals surface area contributed by atoms with Crippen LogP contribution in [0, 0.1) is 6.92 Å². The fraction of sp³-hybridized carbons (Fsp3) is 0.500. The summed E-state index contributed by atoms with van der Waals surface area (Å²) in [4.78, 5) is 4.11. The summed E-state index contributed by atoms with van der Waals surface area (Å²) < 4.78 is 10.6. The highest BCUT2D eigenvalue weighted by Gasteiger charge is 1.97. The SMILES string of the molecule is CCOCCOc1cccnc1C. The lowest BCUT2D eigenvalue weighted by atomic mass is 10.3. The second-order valence-electron chi connectivity index (χ2n) is 2.63. The van der Waals surface area contributed by atoms with Crippen LogP contribution >= 0.6 is 0 Å². The third kappa shape index (κ3) is 3.42. The first-order chi connectivity index (χ1) is 6.34. The van der Waals surface area contributed by atoms with E-state index in [1.54, 1.807) is 6.20 Å². The lowest BCUT2D eigenvalue weighted by Crippen LogP contribution is -2.07. The molecule has 1 aromatic heterocycles. The van der Waals surface area contributed by atoms with Gasteiger partial charge in [-0.05, 0) is 26.0 Å². The number of aryl methyl sites for hydroxylation is 1. The molecule has 0 N–H and O–H groups in total. The van der Waals surface area contributed by atoms with Crippen LogP contribution in [0.4, 0.5) is 0 Å². The Kier molecular flexibility index (Phi) is 4.26. The van der Waals surface area contributed by atoms with E-state index in [9.17, 15) is 0 Å². The molecule has 0 atom stereocenters. The molecule has 1 aromatic rings. The van der Waals surface area contributed by atoms with Crippen molar-refractivity contribution >= 4 is 0 Å². The number of rotatable bonds is 5. The summed E-state index contributed by atoms with van der Waals surface area (Å²) in [6.45, 7) is 5.84. The van der Waals surface area contributed by atoms with Crippen LogP contribution in [0.2, 0.25) is 0 Å². The van der Waals surface area contributed by atoms with Gasteiger partial charge >= 0.3 is 0 Å². The highest BCUT2D eigenvalue weighted by atomic mass is 16.5. The van der Waals surface area contributed by atoms with Gasteiger partial charge in [-0.3, -0.25) is 4.98 Å². The van der Waals surface area contributed by atoms with Crippen molar-refractivity contribution in [3.63, 3.8) is 0 Å². The van der Waals surface area contributed by atoms with Gasteiger partial charge in [0.25, 0.3) is 0 Å². The van der Waals surface area contributed by atoms with E-state index in [1.807, 2.05) is 26.0 Å². The van der Waals surface area contributed by atoms with Crippen molar-refractivity contribution in [2.75, 3.05) is 19.8 Å². The third-order valence-corrected chi connectivity index (χ3v) is 1.65. The normalized spacial score (nSPS) is 10.0. The van der Waals surface area contributed by atoms with Crippen molar-refractivity contribution in [3.8, 4) is 5.75 Å². The van der Waals surface area contributed by atoms with E-state index in [0.29, 0.717) is 13.2 Å². The molecule has 1 rings (SSSR count). The van der Waals surface area contributed by atoms with Gasteiger partial charge in [0, 0.05) is 12.8 Å². The largest absolute Gasteiger partial charge is 0.489 e. The smallest absolute Gasteiger partial charge is 0.140 e. The average molecular weight is 181 g/mol. The molecule has 0 spiro atoms. The molecular formula is C10H15NO2. The Labute approximate surface area is 78.7 Å². The summed E-state index contributed by atoms with van der Waals surface area (Å²) in [6, 6.07) is 3.78. The molecule has 0 aliphatic carbocycles. The van der Waals surface area contributed by atoms with Gasteiger partial charge in [0.15, 0.2) is 0 Å². The molecule has 0 unspecified atom stereocenters. The van der Waals surface area contributed by atoms with Crippen LogP contribution in [0.15, 0.2) is 18.3 Å². The monoisotopic (exact) mass is 181 g/mol. The average Bonchev–Trinajstić information content (AvgIpc) is 2.15. The number of hydrogen-bond donors (Lipinski definition) is 0. The van der Waals surface area contributed by atoms with Gasteiger partial charge in [-0.25, -0.2) is 0 Å². The van der Waals surface area contributed by atoms with Crippen molar-refractivity contribution in [2.45, 2.75) is 13.8 Å². The molecular weight excluding hydrogens is 166 g/mol. The van der Waals surface area contributed by atoms with Crippen molar-refractivity contribution in [2.24, 2.45) is 0 Å². The minimum atomic E-state index is 0.584. The predicted octanol–water partition coefficient (Wildman–Crippen LogP) is 1.81. The van der Waals surface area contributed by atoms with Gasteiger partial charge in [0.2, 0.25) is 0 Å². The van der Waals surface area contributed by atoms with Gasteiger partial charge in [-0.1, -0.05) is 0 Å². The van der Waals surface area contributed by atoms with Crippen LogP contribution in [0.25, 0.3) is 0 Å². The first kappa shape index (κ1) is 9.99. The topological polar surface area (TPSA) is 31.4 Å².